The number of carbonyl (C=O) groups is 2. The molecule has 0 bridgehead atoms. The number of halogens is 1. The Morgan fingerprint density at radius 1 is 1.38 bits per heavy atom. The first-order valence-electron chi connectivity index (χ1n) is 6.20. The topological polar surface area (TPSA) is 101 Å². The average molecular weight is 334 g/mol. The highest BCUT2D eigenvalue weighted by atomic mass is 35.5. The molecule has 0 radical (unpaired) electrons. The Morgan fingerprint density at radius 2 is 2.00 bits per heavy atom. The predicted octanol–water partition coefficient (Wildman–Crippen LogP) is 1.73. The average Bonchev–Trinajstić information content (AvgIpc) is 2.37. The first kappa shape index (κ1) is 17.5. The third-order valence-electron chi connectivity index (χ3n) is 2.77. The summed E-state index contributed by atoms with van der Waals surface area (Å²) < 4.78 is 23.1. The molecule has 1 rings (SSSR count). The monoisotopic (exact) mass is 333 g/mol. The molecule has 6 nitrogen and oxygen atoms in total. The second-order valence-corrected chi connectivity index (χ2v) is 6.96. The summed E-state index contributed by atoms with van der Waals surface area (Å²) in [5, 5.41) is 11.4. The minimum absolute atomic E-state index is 0.0115. The summed E-state index contributed by atoms with van der Waals surface area (Å²) in [6.07, 6.45) is 1.85. The van der Waals surface area contributed by atoms with Gasteiger partial charge in [-0.25, -0.2) is 13.2 Å². The quantitative estimate of drug-likeness (QED) is 0.825. The summed E-state index contributed by atoms with van der Waals surface area (Å²) in [4.78, 5) is 22.8. The second kappa shape index (κ2) is 6.91. The molecular formula is C13H16ClNO5S. The molecule has 1 aromatic rings. The van der Waals surface area contributed by atoms with Crippen LogP contribution in [0.5, 0.6) is 0 Å². The van der Waals surface area contributed by atoms with Crippen LogP contribution < -0.4 is 5.32 Å². The molecule has 0 spiro atoms. The van der Waals surface area contributed by atoms with Crippen LogP contribution in [-0.2, 0) is 14.6 Å². The number of hydrogen-bond donors (Lipinski definition) is 2. The first-order chi connectivity index (χ1) is 9.66. The van der Waals surface area contributed by atoms with E-state index in [-0.39, 0.29) is 21.9 Å². The van der Waals surface area contributed by atoms with Gasteiger partial charge in [-0.15, -0.1) is 0 Å². The lowest BCUT2D eigenvalue weighted by atomic mass is 10.1. The number of nitrogens with one attached hydrogen (secondary N) is 1. The highest BCUT2D eigenvalue weighted by Crippen LogP contribution is 2.22. The van der Waals surface area contributed by atoms with Crippen molar-refractivity contribution in [2.45, 2.75) is 30.7 Å². The van der Waals surface area contributed by atoms with E-state index in [1.54, 1.807) is 6.92 Å². The van der Waals surface area contributed by atoms with Crippen molar-refractivity contribution in [2.75, 3.05) is 6.26 Å². The van der Waals surface area contributed by atoms with Crippen LogP contribution in [0.2, 0.25) is 5.02 Å². The largest absolute Gasteiger partial charge is 0.480 e. The Bertz CT molecular complexity index is 657. The van der Waals surface area contributed by atoms with Crippen molar-refractivity contribution in [3.05, 3.63) is 28.8 Å². The van der Waals surface area contributed by atoms with Gasteiger partial charge in [0.25, 0.3) is 5.91 Å². The molecule has 116 valence electrons. The van der Waals surface area contributed by atoms with Crippen molar-refractivity contribution < 1.29 is 23.1 Å². The highest BCUT2D eigenvalue weighted by Gasteiger charge is 2.21. The Morgan fingerprint density at radius 3 is 2.48 bits per heavy atom. The summed E-state index contributed by atoms with van der Waals surface area (Å²) in [6.45, 7) is 1.80. The van der Waals surface area contributed by atoms with Crippen molar-refractivity contribution in [3.63, 3.8) is 0 Å². The molecule has 0 fully saturated rings. The third kappa shape index (κ3) is 4.71. The van der Waals surface area contributed by atoms with Gasteiger partial charge < -0.3 is 10.4 Å². The van der Waals surface area contributed by atoms with Gasteiger partial charge >= 0.3 is 5.97 Å². The fraction of sp³-hybridized carbons (Fsp3) is 0.385. The Kier molecular flexibility index (Phi) is 5.74. The number of benzene rings is 1. The van der Waals surface area contributed by atoms with E-state index in [9.17, 15) is 18.0 Å². The summed E-state index contributed by atoms with van der Waals surface area (Å²) in [5.74, 6) is -1.79. The number of amides is 1. The molecule has 1 amide bonds. The molecule has 1 aromatic carbocycles. The highest BCUT2D eigenvalue weighted by molar-refractivity contribution is 7.90. The van der Waals surface area contributed by atoms with Gasteiger partial charge in [0.05, 0.1) is 9.92 Å². The lowest BCUT2D eigenvalue weighted by molar-refractivity contribution is -0.139. The van der Waals surface area contributed by atoms with E-state index >= 15 is 0 Å². The molecule has 1 atom stereocenters. The maximum absolute atomic E-state index is 12.0. The zero-order valence-electron chi connectivity index (χ0n) is 11.6. The van der Waals surface area contributed by atoms with E-state index in [0.29, 0.717) is 6.42 Å². The fourth-order valence-electron chi connectivity index (χ4n) is 1.72. The molecule has 21 heavy (non-hydrogen) atoms. The van der Waals surface area contributed by atoms with E-state index in [2.05, 4.69) is 5.32 Å². The second-order valence-electron chi connectivity index (χ2n) is 4.57. The van der Waals surface area contributed by atoms with Crippen molar-refractivity contribution in [1.82, 2.24) is 5.32 Å². The van der Waals surface area contributed by atoms with Crippen molar-refractivity contribution >= 4 is 33.3 Å². The van der Waals surface area contributed by atoms with Crippen LogP contribution in [-0.4, -0.2) is 37.7 Å². The number of carboxylic acid groups (broad SMARTS) is 1. The SMILES string of the molecule is CCC[C@@H](NC(=O)c1ccc(Cl)c(S(C)(=O)=O)c1)C(=O)O. The maximum atomic E-state index is 12.0. The van der Waals surface area contributed by atoms with Crippen molar-refractivity contribution in [1.29, 1.82) is 0 Å². The van der Waals surface area contributed by atoms with Crippen LogP contribution in [0.25, 0.3) is 0 Å². The zero-order chi connectivity index (χ0) is 16.2. The number of carbonyl (C=O) groups excluding carboxylic acids is 1. The van der Waals surface area contributed by atoms with E-state index < -0.39 is 27.8 Å². The normalized spacial score (nSPS) is 12.7. The first-order valence-corrected chi connectivity index (χ1v) is 8.47. The van der Waals surface area contributed by atoms with Crippen LogP contribution in [0.1, 0.15) is 30.1 Å². The maximum Gasteiger partial charge on any atom is 0.326 e. The van der Waals surface area contributed by atoms with Gasteiger partial charge in [0, 0.05) is 11.8 Å². The Labute approximate surface area is 128 Å². The number of rotatable bonds is 6. The molecule has 0 saturated carbocycles. The fourth-order valence-corrected chi connectivity index (χ4v) is 3.02. The molecule has 0 saturated heterocycles. The summed E-state index contributed by atoms with van der Waals surface area (Å²) in [6, 6.07) is 2.76. The molecule has 0 unspecified atom stereocenters. The van der Waals surface area contributed by atoms with Gasteiger partial charge in [-0.3, -0.25) is 4.79 Å². The van der Waals surface area contributed by atoms with E-state index in [4.69, 9.17) is 16.7 Å². The lowest BCUT2D eigenvalue weighted by Gasteiger charge is -2.14. The number of carboxylic acids is 1. The van der Waals surface area contributed by atoms with E-state index in [1.165, 1.54) is 12.1 Å². The predicted molar refractivity (Wildman–Crippen MR) is 78.4 cm³/mol. The molecule has 0 aliphatic heterocycles. The Hall–Kier alpha value is -1.60. The van der Waals surface area contributed by atoms with Crippen LogP contribution in [0.15, 0.2) is 23.1 Å². The minimum atomic E-state index is -3.57. The molecule has 0 heterocycles. The summed E-state index contributed by atoms with van der Waals surface area (Å²) >= 11 is 5.79. The van der Waals surface area contributed by atoms with Crippen molar-refractivity contribution in [3.8, 4) is 0 Å². The molecule has 0 aliphatic rings. The van der Waals surface area contributed by atoms with Gasteiger partial charge in [-0.1, -0.05) is 24.9 Å². The van der Waals surface area contributed by atoms with Gasteiger partial charge in [-0.05, 0) is 24.6 Å². The number of hydrogen-bond acceptors (Lipinski definition) is 4. The third-order valence-corrected chi connectivity index (χ3v) is 4.35. The van der Waals surface area contributed by atoms with Gasteiger partial charge in [0.2, 0.25) is 0 Å². The van der Waals surface area contributed by atoms with E-state index in [0.717, 1.165) is 12.3 Å². The molecular weight excluding hydrogens is 318 g/mol. The van der Waals surface area contributed by atoms with Gasteiger partial charge in [-0.2, -0.15) is 0 Å². The van der Waals surface area contributed by atoms with Crippen LogP contribution in [0.4, 0.5) is 0 Å². The number of aliphatic carboxylic acids is 1. The summed E-state index contributed by atoms with van der Waals surface area (Å²) in [7, 11) is -3.57. The van der Waals surface area contributed by atoms with Crippen LogP contribution >= 0.6 is 11.6 Å². The number of sulfone groups is 1. The standard InChI is InChI=1S/C13H16ClNO5S/c1-3-4-10(13(17)18)15-12(16)8-5-6-9(14)11(7-8)21(2,19)20/h5-7,10H,3-4H2,1-2H3,(H,15,16)(H,17,18)/t10-/m1/s1. The summed E-state index contributed by atoms with van der Waals surface area (Å²) in [5.41, 5.74) is 0.0437. The smallest absolute Gasteiger partial charge is 0.326 e. The molecule has 2 N–H and O–H groups in total. The molecule has 0 aromatic heterocycles. The van der Waals surface area contributed by atoms with Crippen LogP contribution in [0.3, 0.4) is 0 Å². The zero-order valence-corrected chi connectivity index (χ0v) is 13.2. The molecule has 0 aliphatic carbocycles. The van der Waals surface area contributed by atoms with E-state index in [1.807, 2.05) is 0 Å². The van der Waals surface area contributed by atoms with Crippen LogP contribution in [0, 0.1) is 0 Å². The Balaban J connectivity index is 3.06. The van der Waals surface area contributed by atoms with Gasteiger partial charge in [0.15, 0.2) is 9.84 Å². The minimum Gasteiger partial charge on any atom is -0.480 e. The van der Waals surface area contributed by atoms with Crippen molar-refractivity contribution in [2.24, 2.45) is 0 Å². The molecule has 8 heteroatoms. The van der Waals surface area contributed by atoms with Gasteiger partial charge in [0.1, 0.15) is 6.04 Å². The lowest BCUT2D eigenvalue weighted by Crippen LogP contribution is -2.40.